The van der Waals surface area contributed by atoms with E-state index in [1.807, 2.05) is 0 Å². The molecule has 3 rings (SSSR count). The highest BCUT2D eigenvalue weighted by Gasteiger charge is 2.34. The number of carbonyl (C=O) groups excluding carboxylic acids is 2. The summed E-state index contributed by atoms with van der Waals surface area (Å²) in [5.41, 5.74) is -0.421. The number of amides is 1. The second kappa shape index (κ2) is 9.77. The van der Waals surface area contributed by atoms with Crippen molar-refractivity contribution in [3.63, 3.8) is 0 Å². The summed E-state index contributed by atoms with van der Waals surface area (Å²) in [5, 5.41) is 24.0. The van der Waals surface area contributed by atoms with Crippen LogP contribution < -0.4 is 10.9 Å². The van der Waals surface area contributed by atoms with Crippen LogP contribution in [0.1, 0.15) is 60.0 Å². The molecule has 2 aromatic heterocycles. The maximum absolute atomic E-state index is 12.8. The van der Waals surface area contributed by atoms with Crippen molar-refractivity contribution in [1.82, 2.24) is 4.57 Å². The smallest absolute Gasteiger partial charge is 0.343 e. The molecule has 2 heterocycles. The third-order valence-corrected chi connectivity index (χ3v) is 7.82. The summed E-state index contributed by atoms with van der Waals surface area (Å²) < 4.78 is 5.31. The second-order valence-electron chi connectivity index (χ2n) is 8.94. The molecule has 10 nitrogen and oxygen atoms in total. The van der Waals surface area contributed by atoms with E-state index in [2.05, 4.69) is 36.9 Å². The summed E-state index contributed by atoms with van der Waals surface area (Å²) in [6, 6.07) is 3.00. The van der Waals surface area contributed by atoms with E-state index >= 15 is 0 Å². The van der Waals surface area contributed by atoms with Gasteiger partial charge in [-0.25, -0.2) is 4.79 Å². The third kappa shape index (κ3) is 4.87. The lowest BCUT2D eigenvalue weighted by molar-refractivity contribution is -0.385. The quantitative estimate of drug-likeness (QED) is 0.357. The molecular formula is C23H26N4O6S. The first-order chi connectivity index (χ1) is 16.0. The summed E-state index contributed by atoms with van der Waals surface area (Å²) >= 11 is 1.36. The Morgan fingerprint density at radius 3 is 2.74 bits per heavy atom. The zero-order chi connectivity index (χ0) is 25.2. The van der Waals surface area contributed by atoms with Crippen molar-refractivity contribution >= 4 is 33.9 Å². The first kappa shape index (κ1) is 25.1. The van der Waals surface area contributed by atoms with Crippen molar-refractivity contribution in [3.8, 4) is 6.07 Å². The van der Waals surface area contributed by atoms with Crippen LogP contribution in [0, 0.1) is 32.8 Å². The van der Waals surface area contributed by atoms with E-state index in [0.29, 0.717) is 16.5 Å². The van der Waals surface area contributed by atoms with Gasteiger partial charge in [0.25, 0.3) is 11.2 Å². The van der Waals surface area contributed by atoms with E-state index in [0.717, 1.165) is 60.1 Å². The van der Waals surface area contributed by atoms with Crippen LogP contribution in [0.5, 0.6) is 0 Å². The Kier molecular flexibility index (Phi) is 7.21. The number of carbonyl (C=O) groups is 2. The van der Waals surface area contributed by atoms with Crippen LogP contribution in [0.4, 0.5) is 10.7 Å². The number of nitrogens with one attached hydrogen (secondary N) is 1. The molecule has 0 saturated carbocycles. The van der Waals surface area contributed by atoms with Crippen LogP contribution in [-0.4, -0.2) is 28.5 Å². The summed E-state index contributed by atoms with van der Waals surface area (Å²) in [7, 11) is 1.05. The lowest BCUT2D eigenvalue weighted by Gasteiger charge is -2.36. The van der Waals surface area contributed by atoms with E-state index in [9.17, 15) is 29.8 Å². The van der Waals surface area contributed by atoms with Crippen LogP contribution in [0.25, 0.3) is 0 Å². The topological polar surface area (TPSA) is 144 Å². The number of hydrogen-bond donors (Lipinski definition) is 1. The number of methoxy groups -OCH3 is 1. The fourth-order valence-corrected chi connectivity index (χ4v) is 5.46. The van der Waals surface area contributed by atoms with E-state index in [1.54, 1.807) is 0 Å². The van der Waals surface area contributed by atoms with Crippen LogP contribution in [0.3, 0.4) is 0 Å². The fraction of sp³-hybridized carbons (Fsp3) is 0.478. The minimum Gasteiger partial charge on any atom is -0.465 e. The number of thiophene rings is 1. The first-order valence-electron chi connectivity index (χ1n) is 10.8. The zero-order valence-corrected chi connectivity index (χ0v) is 20.3. The van der Waals surface area contributed by atoms with Gasteiger partial charge in [-0.1, -0.05) is 27.2 Å². The molecule has 0 radical (unpaired) electrons. The number of rotatable bonds is 7. The fourth-order valence-electron chi connectivity index (χ4n) is 4.16. The Labute approximate surface area is 200 Å². The van der Waals surface area contributed by atoms with E-state index < -0.39 is 40.2 Å². The van der Waals surface area contributed by atoms with Crippen molar-refractivity contribution in [2.24, 2.45) is 11.3 Å². The molecule has 1 aliphatic rings. The second-order valence-corrected chi connectivity index (χ2v) is 10.0. The molecule has 0 bridgehead atoms. The van der Waals surface area contributed by atoms with Crippen molar-refractivity contribution < 1.29 is 19.2 Å². The molecular weight excluding hydrogens is 460 g/mol. The van der Waals surface area contributed by atoms with Gasteiger partial charge in [-0.05, 0) is 36.2 Å². The number of hydrogen-bond acceptors (Lipinski definition) is 8. The van der Waals surface area contributed by atoms with Crippen molar-refractivity contribution in [2.45, 2.75) is 53.0 Å². The van der Waals surface area contributed by atoms with E-state index in [4.69, 9.17) is 0 Å². The molecule has 1 aliphatic carbocycles. The van der Waals surface area contributed by atoms with Gasteiger partial charge in [0.1, 0.15) is 23.2 Å². The molecule has 1 unspecified atom stereocenters. The molecule has 11 heteroatoms. The van der Waals surface area contributed by atoms with Gasteiger partial charge in [-0.2, -0.15) is 5.26 Å². The molecule has 0 fully saturated rings. The number of nitrogens with zero attached hydrogens (tertiary/aromatic N) is 3. The number of nitro groups is 1. The summed E-state index contributed by atoms with van der Waals surface area (Å²) in [5.74, 6) is -1.21. The minimum atomic E-state index is -1.04. The number of pyridine rings is 1. The Morgan fingerprint density at radius 1 is 1.44 bits per heavy atom. The van der Waals surface area contributed by atoms with Gasteiger partial charge in [0.05, 0.1) is 23.8 Å². The summed E-state index contributed by atoms with van der Waals surface area (Å²) in [6.07, 6.45) is 4.49. The molecule has 0 aromatic carbocycles. The number of esters is 1. The number of ether oxygens (including phenoxy) is 1. The Morgan fingerprint density at radius 2 is 2.15 bits per heavy atom. The predicted molar refractivity (Wildman–Crippen MR) is 126 cm³/mol. The zero-order valence-electron chi connectivity index (χ0n) is 19.5. The summed E-state index contributed by atoms with van der Waals surface area (Å²) in [6.45, 7) is 6.08. The van der Waals surface area contributed by atoms with Crippen LogP contribution in [0.15, 0.2) is 17.1 Å². The Hall–Kier alpha value is -3.52. The number of anilines is 1. The highest BCUT2D eigenvalue weighted by molar-refractivity contribution is 7.16. The highest BCUT2D eigenvalue weighted by Crippen LogP contribution is 2.45. The molecule has 1 atom stereocenters. The molecule has 1 amide bonds. The predicted octanol–water partition coefficient (Wildman–Crippen LogP) is 3.66. The normalized spacial score (nSPS) is 15.2. The maximum atomic E-state index is 12.8. The molecule has 34 heavy (non-hydrogen) atoms. The number of fused-ring (bicyclic) bond motifs is 1. The van der Waals surface area contributed by atoms with Gasteiger partial charge in [0.15, 0.2) is 0 Å². The first-order valence-corrected chi connectivity index (χ1v) is 11.7. The molecule has 1 N–H and O–H groups in total. The lowest BCUT2D eigenvalue weighted by atomic mass is 9.69. The monoisotopic (exact) mass is 486 g/mol. The Bertz CT molecular complexity index is 1250. The minimum absolute atomic E-state index is 0.165. The SMILES string of the molecule is CCC(C)(C)C1CCc2c(sc(NC(=O)Cn3cc([N+](=O)[O-])cc(C(=O)OC)c3=O)c2C#N)C1. The summed E-state index contributed by atoms with van der Waals surface area (Å²) in [4.78, 5) is 48.7. The van der Waals surface area contributed by atoms with Gasteiger partial charge in [-0.15, -0.1) is 11.3 Å². The molecule has 2 aromatic rings. The van der Waals surface area contributed by atoms with Gasteiger partial charge in [0, 0.05) is 10.9 Å². The molecule has 0 aliphatic heterocycles. The van der Waals surface area contributed by atoms with E-state index in [1.165, 1.54) is 11.3 Å². The van der Waals surface area contributed by atoms with Gasteiger partial charge in [0.2, 0.25) is 5.91 Å². The lowest BCUT2D eigenvalue weighted by Crippen LogP contribution is -2.31. The number of aromatic nitrogens is 1. The highest BCUT2D eigenvalue weighted by atomic mass is 32.1. The Balaban J connectivity index is 1.87. The standard InChI is InChI=1S/C23H26N4O6S/c1-5-23(2,3)13-6-7-15-17(10-24)20(34-18(15)8-13)25-19(28)12-26-11-14(27(31)32)9-16(21(26)29)22(30)33-4/h9,11,13H,5-8,12H2,1-4H3,(H,25,28). The van der Waals surface area contributed by atoms with Crippen molar-refractivity contribution in [2.75, 3.05) is 12.4 Å². The van der Waals surface area contributed by atoms with Crippen molar-refractivity contribution in [3.05, 3.63) is 54.3 Å². The largest absolute Gasteiger partial charge is 0.465 e. The molecule has 0 saturated heterocycles. The van der Waals surface area contributed by atoms with Gasteiger partial charge in [-0.3, -0.25) is 24.3 Å². The van der Waals surface area contributed by atoms with Crippen molar-refractivity contribution in [1.29, 1.82) is 5.26 Å². The third-order valence-electron chi connectivity index (χ3n) is 6.65. The average Bonchev–Trinajstić information content (AvgIpc) is 3.15. The maximum Gasteiger partial charge on any atom is 0.343 e. The van der Waals surface area contributed by atoms with Crippen LogP contribution in [-0.2, 0) is 28.9 Å². The average molecular weight is 487 g/mol. The van der Waals surface area contributed by atoms with E-state index in [-0.39, 0.29) is 5.41 Å². The molecule has 0 spiro atoms. The van der Waals surface area contributed by atoms with Gasteiger partial charge >= 0.3 is 5.97 Å². The number of nitriles is 1. The van der Waals surface area contributed by atoms with Gasteiger partial charge < -0.3 is 10.1 Å². The van der Waals surface area contributed by atoms with Crippen LogP contribution >= 0.6 is 11.3 Å². The van der Waals surface area contributed by atoms with Crippen LogP contribution in [0.2, 0.25) is 0 Å². The molecule has 180 valence electrons.